The Bertz CT molecular complexity index is 443. The minimum absolute atomic E-state index is 1.10. The minimum Gasteiger partial charge on any atom is -0.238 e. The highest BCUT2D eigenvalue weighted by molar-refractivity contribution is 5.48. The van der Waals surface area contributed by atoms with Gasteiger partial charge in [-0.2, -0.15) is 5.10 Å². The van der Waals surface area contributed by atoms with E-state index in [1.807, 2.05) is 6.92 Å². The zero-order valence-electron chi connectivity index (χ0n) is 9.53. The fraction of sp³-hybridized carbons (Fsp3) is 0.462. The van der Waals surface area contributed by atoms with E-state index in [4.69, 9.17) is 0 Å². The quantitative estimate of drug-likeness (QED) is 0.695. The second-order valence-electron chi connectivity index (χ2n) is 4.10. The van der Waals surface area contributed by atoms with Crippen LogP contribution in [0.25, 0.3) is 5.52 Å². The Morgan fingerprint density at radius 2 is 2.13 bits per heavy atom. The smallest absolute Gasteiger partial charge is 0.0667 e. The highest BCUT2D eigenvalue weighted by Crippen LogP contribution is 2.11. The second-order valence-corrected chi connectivity index (χ2v) is 4.10. The normalized spacial score (nSPS) is 11.1. The van der Waals surface area contributed by atoms with E-state index >= 15 is 0 Å². The molecular formula is C13H18N2. The zero-order valence-corrected chi connectivity index (χ0v) is 9.53. The topological polar surface area (TPSA) is 17.3 Å². The monoisotopic (exact) mass is 202 g/mol. The van der Waals surface area contributed by atoms with Crippen LogP contribution in [0.3, 0.4) is 0 Å². The Balaban J connectivity index is 2.25. The summed E-state index contributed by atoms with van der Waals surface area (Å²) in [5.74, 6) is 0. The van der Waals surface area contributed by atoms with Gasteiger partial charge in [-0.05, 0) is 38.0 Å². The van der Waals surface area contributed by atoms with Crippen LogP contribution in [0.15, 0.2) is 24.3 Å². The summed E-state index contributed by atoms with van der Waals surface area (Å²) in [5, 5.41) is 4.51. The van der Waals surface area contributed by atoms with Crippen molar-refractivity contribution in [3.63, 3.8) is 0 Å². The number of nitrogens with zero attached hydrogens (tertiary/aromatic N) is 2. The van der Waals surface area contributed by atoms with Gasteiger partial charge in [-0.15, -0.1) is 0 Å². The number of fused-ring (bicyclic) bond motifs is 1. The summed E-state index contributed by atoms with van der Waals surface area (Å²) >= 11 is 0. The summed E-state index contributed by atoms with van der Waals surface area (Å²) in [4.78, 5) is 0. The van der Waals surface area contributed by atoms with E-state index in [-0.39, 0.29) is 0 Å². The lowest BCUT2D eigenvalue weighted by Gasteiger charge is -2.03. The first-order chi connectivity index (χ1) is 7.31. The van der Waals surface area contributed by atoms with Gasteiger partial charge in [-0.25, -0.2) is 4.52 Å². The standard InChI is InChI=1S/C13H18N2/c1-3-4-5-7-12-8-6-9-13-10-11(2)14-15(12)13/h6,8-10H,3-5,7H2,1-2H3. The third-order valence-electron chi connectivity index (χ3n) is 2.72. The van der Waals surface area contributed by atoms with Crippen LogP contribution in [-0.2, 0) is 6.42 Å². The molecule has 80 valence electrons. The third-order valence-corrected chi connectivity index (χ3v) is 2.72. The zero-order chi connectivity index (χ0) is 10.7. The number of hydrogen-bond acceptors (Lipinski definition) is 1. The van der Waals surface area contributed by atoms with E-state index in [1.165, 1.54) is 30.5 Å². The largest absolute Gasteiger partial charge is 0.238 e. The van der Waals surface area contributed by atoms with Crippen molar-refractivity contribution in [2.75, 3.05) is 0 Å². The summed E-state index contributed by atoms with van der Waals surface area (Å²) in [7, 11) is 0. The molecule has 0 spiro atoms. The lowest BCUT2D eigenvalue weighted by Crippen LogP contribution is -1.98. The fourth-order valence-electron chi connectivity index (χ4n) is 1.94. The van der Waals surface area contributed by atoms with Crippen LogP contribution in [0.4, 0.5) is 0 Å². The molecule has 0 atom stereocenters. The number of unbranched alkanes of at least 4 members (excludes halogenated alkanes) is 2. The Morgan fingerprint density at radius 1 is 1.27 bits per heavy atom. The molecule has 2 rings (SSSR count). The van der Waals surface area contributed by atoms with E-state index in [2.05, 4.69) is 40.8 Å². The molecule has 0 saturated heterocycles. The van der Waals surface area contributed by atoms with Gasteiger partial charge in [-0.3, -0.25) is 0 Å². The molecule has 0 saturated carbocycles. The van der Waals surface area contributed by atoms with Crippen LogP contribution >= 0.6 is 0 Å². The van der Waals surface area contributed by atoms with Gasteiger partial charge in [0.2, 0.25) is 0 Å². The molecule has 0 aliphatic heterocycles. The molecule has 0 radical (unpaired) electrons. The van der Waals surface area contributed by atoms with E-state index in [1.54, 1.807) is 0 Å². The number of pyridine rings is 1. The van der Waals surface area contributed by atoms with Gasteiger partial charge in [0.1, 0.15) is 0 Å². The maximum absolute atomic E-state index is 4.51. The molecule has 0 unspecified atom stereocenters. The van der Waals surface area contributed by atoms with Crippen LogP contribution in [0.2, 0.25) is 0 Å². The predicted octanol–water partition coefficient (Wildman–Crippen LogP) is 3.38. The Morgan fingerprint density at radius 3 is 2.93 bits per heavy atom. The SMILES string of the molecule is CCCCCc1cccc2cc(C)nn12. The van der Waals surface area contributed by atoms with Crippen molar-refractivity contribution >= 4 is 5.52 Å². The lowest BCUT2D eigenvalue weighted by atomic mass is 10.1. The summed E-state index contributed by atoms with van der Waals surface area (Å²) in [6, 6.07) is 8.54. The van der Waals surface area contributed by atoms with Crippen LogP contribution in [0.5, 0.6) is 0 Å². The number of rotatable bonds is 4. The van der Waals surface area contributed by atoms with Gasteiger partial charge in [0.15, 0.2) is 0 Å². The van der Waals surface area contributed by atoms with Crippen molar-refractivity contribution in [3.8, 4) is 0 Å². The average molecular weight is 202 g/mol. The molecule has 0 bridgehead atoms. The Kier molecular flexibility index (Phi) is 3.05. The molecule has 0 fully saturated rings. The van der Waals surface area contributed by atoms with Crippen molar-refractivity contribution in [2.45, 2.75) is 39.5 Å². The lowest BCUT2D eigenvalue weighted by molar-refractivity contribution is 0.690. The van der Waals surface area contributed by atoms with E-state index < -0.39 is 0 Å². The highest BCUT2D eigenvalue weighted by atomic mass is 15.2. The Hall–Kier alpha value is -1.31. The first-order valence-corrected chi connectivity index (χ1v) is 5.75. The fourth-order valence-corrected chi connectivity index (χ4v) is 1.94. The molecule has 0 amide bonds. The summed E-state index contributed by atoms with van der Waals surface area (Å²) in [5.41, 5.74) is 3.63. The van der Waals surface area contributed by atoms with Crippen LogP contribution < -0.4 is 0 Å². The average Bonchev–Trinajstić information content (AvgIpc) is 2.59. The second kappa shape index (κ2) is 4.47. The third kappa shape index (κ3) is 2.20. The molecule has 2 aromatic rings. The van der Waals surface area contributed by atoms with Crippen molar-refractivity contribution < 1.29 is 0 Å². The van der Waals surface area contributed by atoms with Crippen LogP contribution in [-0.4, -0.2) is 9.61 Å². The van der Waals surface area contributed by atoms with Crippen LogP contribution in [0.1, 0.15) is 37.6 Å². The number of aryl methyl sites for hydroxylation is 2. The maximum atomic E-state index is 4.51. The number of aromatic nitrogens is 2. The van der Waals surface area contributed by atoms with Crippen molar-refractivity contribution in [3.05, 3.63) is 35.7 Å². The molecule has 0 aromatic carbocycles. The molecule has 2 nitrogen and oxygen atoms in total. The maximum Gasteiger partial charge on any atom is 0.0667 e. The first kappa shape index (κ1) is 10.2. The van der Waals surface area contributed by atoms with Gasteiger partial charge in [0.25, 0.3) is 0 Å². The molecule has 0 aliphatic rings. The Labute approximate surface area is 90.9 Å². The molecule has 2 aromatic heterocycles. The summed E-state index contributed by atoms with van der Waals surface area (Å²) in [6.07, 6.45) is 4.96. The molecule has 15 heavy (non-hydrogen) atoms. The summed E-state index contributed by atoms with van der Waals surface area (Å²) < 4.78 is 2.07. The van der Waals surface area contributed by atoms with Gasteiger partial charge >= 0.3 is 0 Å². The van der Waals surface area contributed by atoms with Gasteiger partial charge < -0.3 is 0 Å². The van der Waals surface area contributed by atoms with E-state index in [0.29, 0.717) is 0 Å². The number of hydrogen-bond donors (Lipinski definition) is 0. The van der Waals surface area contributed by atoms with Crippen molar-refractivity contribution in [1.82, 2.24) is 9.61 Å². The minimum atomic E-state index is 1.10. The summed E-state index contributed by atoms with van der Waals surface area (Å²) in [6.45, 7) is 4.28. The van der Waals surface area contributed by atoms with Crippen LogP contribution in [0, 0.1) is 6.92 Å². The van der Waals surface area contributed by atoms with Crippen molar-refractivity contribution in [1.29, 1.82) is 0 Å². The van der Waals surface area contributed by atoms with Gasteiger partial charge in [0.05, 0.1) is 11.2 Å². The predicted molar refractivity (Wildman–Crippen MR) is 63.2 cm³/mol. The van der Waals surface area contributed by atoms with Gasteiger partial charge in [-0.1, -0.05) is 25.8 Å². The molecule has 2 heterocycles. The molecule has 2 heteroatoms. The van der Waals surface area contributed by atoms with Crippen molar-refractivity contribution in [2.24, 2.45) is 0 Å². The highest BCUT2D eigenvalue weighted by Gasteiger charge is 2.02. The van der Waals surface area contributed by atoms with E-state index in [9.17, 15) is 0 Å². The first-order valence-electron chi connectivity index (χ1n) is 5.75. The molecular weight excluding hydrogens is 184 g/mol. The van der Waals surface area contributed by atoms with E-state index in [0.717, 1.165) is 12.1 Å². The van der Waals surface area contributed by atoms with Gasteiger partial charge in [0, 0.05) is 5.69 Å². The molecule has 0 aliphatic carbocycles. The molecule has 0 N–H and O–H groups in total.